The molecule has 2 N–H and O–H groups in total. The highest BCUT2D eigenvalue weighted by Crippen LogP contribution is 2.34. The molecule has 4 rings (SSSR count). The summed E-state index contributed by atoms with van der Waals surface area (Å²) in [6, 6.07) is 12.0. The molecular formula is C24H23F4N3O. The summed E-state index contributed by atoms with van der Waals surface area (Å²) in [5.74, 6) is -0.607. The van der Waals surface area contributed by atoms with Gasteiger partial charge in [0.2, 0.25) is 0 Å². The predicted molar refractivity (Wildman–Crippen MR) is 115 cm³/mol. The second-order valence-corrected chi connectivity index (χ2v) is 8.20. The predicted octanol–water partition coefficient (Wildman–Crippen LogP) is 5.85. The average Bonchev–Trinajstić information content (AvgIpc) is 2.76. The smallest absolute Gasteiger partial charge is 0.382 e. The monoisotopic (exact) mass is 445 g/mol. The Bertz CT molecular complexity index is 1140. The fourth-order valence-electron chi connectivity index (χ4n) is 4.10. The van der Waals surface area contributed by atoms with Gasteiger partial charge in [0.1, 0.15) is 11.5 Å². The minimum atomic E-state index is -4.53. The van der Waals surface area contributed by atoms with Crippen LogP contribution in [0.2, 0.25) is 0 Å². The molecule has 4 nitrogen and oxygen atoms in total. The van der Waals surface area contributed by atoms with Crippen LogP contribution >= 0.6 is 0 Å². The molecule has 1 saturated carbocycles. The van der Waals surface area contributed by atoms with Crippen LogP contribution in [-0.4, -0.2) is 23.0 Å². The molecule has 1 heterocycles. The van der Waals surface area contributed by atoms with Crippen molar-refractivity contribution < 1.29 is 22.4 Å². The van der Waals surface area contributed by atoms with Crippen LogP contribution in [0.15, 0.2) is 48.5 Å². The van der Waals surface area contributed by atoms with Crippen LogP contribution in [0.5, 0.6) is 0 Å². The lowest BCUT2D eigenvalue weighted by molar-refractivity contribution is -0.140. The average molecular weight is 445 g/mol. The molecule has 8 heteroatoms. The Labute approximate surface area is 183 Å². The molecule has 0 unspecified atom stereocenters. The lowest BCUT2D eigenvalue weighted by atomic mass is 9.90. The molecule has 0 saturated heterocycles. The maximum atomic E-state index is 13.4. The number of para-hydroxylation sites is 1. The van der Waals surface area contributed by atoms with Crippen molar-refractivity contribution in [3.63, 3.8) is 0 Å². The van der Waals surface area contributed by atoms with Crippen molar-refractivity contribution in [3.8, 4) is 0 Å². The molecule has 1 fully saturated rings. The number of carbonyl (C=O) groups is 1. The van der Waals surface area contributed by atoms with Gasteiger partial charge in [-0.05, 0) is 68.5 Å². The number of hydrogen-bond acceptors (Lipinski definition) is 3. The number of hydrogen-bond donors (Lipinski definition) is 2. The maximum Gasteiger partial charge on any atom is 0.433 e. The first-order valence-corrected chi connectivity index (χ1v) is 10.5. The van der Waals surface area contributed by atoms with Crippen molar-refractivity contribution >= 4 is 22.5 Å². The summed E-state index contributed by atoms with van der Waals surface area (Å²) in [6.45, 7) is 1.61. The van der Waals surface area contributed by atoms with Gasteiger partial charge in [-0.25, -0.2) is 9.37 Å². The number of fused-ring (bicyclic) bond motifs is 1. The molecule has 0 atom stereocenters. The number of halogens is 4. The van der Waals surface area contributed by atoms with Crippen molar-refractivity contribution in [2.75, 3.05) is 5.32 Å². The molecule has 1 aliphatic carbocycles. The fourth-order valence-corrected chi connectivity index (χ4v) is 4.10. The minimum absolute atomic E-state index is 0.0110. The van der Waals surface area contributed by atoms with E-state index in [0.717, 1.165) is 6.07 Å². The third kappa shape index (κ3) is 4.84. The van der Waals surface area contributed by atoms with Gasteiger partial charge in [0.25, 0.3) is 5.91 Å². The van der Waals surface area contributed by atoms with E-state index in [4.69, 9.17) is 0 Å². The van der Waals surface area contributed by atoms with E-state index < -0.39 is 11.9 Å². The molecule has 168 valence electrons. The van der Waals surface area contributed by atoms with Gasteiger partial charge in [0, 0.05) is 28.7 Å². The molecule has 3 aromatic rings. The summed E-state index contributed by atoms with van der Waals surface area (Å²) in [6.07, 6.45) is -1.74. The van der Waals surface area contributed by atoms with Crippen LogP contribution in [0.4, 0.5) is 23.2 Å². The van der Waals surface area contributed by atoms with Crippen molar-refractivity contribution in [2.24, 2.45) is 0 Å². The van der Waals surface area contributed by atoms with Gasteiger partial charge in [-0.3, -0.25) is 4.79 Å². The normalized spacial score (nSPS) is 19.0. The number of rotatable bonds is 4. The largest absolute Gasteiger partial charge is 0.433 e. The number of alkyl halides is 3. The minimum Gasteiger partial charge on any atom is -0.382 e. The van der Waals surface area contributed by atoms with Crippen molar-refractivity contribution in [3.05, 3.63) is 71.2 Å². The SMILES string of the molecule is Cc1cc(C(=O)N[C@H]2CC[C@@H](Nc3cc(C(F)(F)F)nc4ccccc34)CC2)ccc1F. The first-order chi connectivity index (χ1) is 15.2. The van der Waals surface area contributed by atoms with E-state index in [1.807, 2.05) is 0 Å². The van der Waals surface area contributed by atoms with Gasteiger partial charge in [-0.2, -0.15) is 13.2 Å². The molecule has 0 aliphatic heterocycles. The Morgan fingerprint density at radius 3 is 2.38 bits per heavy atom. The topological polar surface area (TPSA) is 54.0 Å². The number of carbonyl (C=O) groups excluding carboxylic acids is 1. The molecular weight excluding hydrogens is 422 g/mol. The van der Waals surface area contributed by atoms with Crippen LogP contribution in [-0.2, 0) is 6.18 Å². The summed E-state index contributed by atoms with van der Waals surface area (Å²) < 4.78 is 53.3. The van der Waals surface area contributed by atoms with Gasteiger partial charge in [0.15, 0.2) is 0 Å². The highest BCUT2D eigenvalue weighted by molar-refractivity contribution is 5.94. The Balaban J connectivity index is 1.41. The zero-order chi connectivity index (χ0) is 22.9. The molecule has 1 aromatic heterocycles. The Morgan fingerprint density at radius 2 is 1.69 bits per heavy atom. The molecule has 0 radical (unpaired) electrons. The third-order valence-corrected chi connectivity index (χ3v) is 5.85. The standard InChI is InChI=1S/C24H23F4N3O/c1-14-12-15(6-11-19(14)25)23(32)30-17-9-7-16(8-10-17)29-21-13-22(24(26,27)28)31-20-5-3-2-4-18(20)21/h2-6,11-13,16-17H,7-10H2,1H3,(H,29,31)(H,30,32)/t16-,17+. The first-order valence-electron chi connectivity index (χ1n) is 10.5. The number of nitrogens with one attached hydrogen (secondary N) is 2. The van der Waals surface area contributed by atoms with Gasteiger partial charge >= 0.3 is 6.18 Å². The Morgan fingerprint density at radius 1 is 1.00 bits per heavy atom. The van der Waals surface area contributed by atoms with Crippen LogP contribution in [0.1, 0.15) is 47.3 Å². The van der Waals surface area contributed by atoms with Crippen molar-refractivity contribution in [1.29, 1.82) is 0 Å². The van der Waals surface area contributed by atoms with Gasteiger partial charge in [0.05, 0.1) is 5.52 Å². The first kappa shape index (κ1) is 22.0. The zero-order valence-electron chi connectivity index (χ0n) is 17.5. The van der Waals surface area contributed by atoms with E-state index in [1.54, 1.807) is 31.2 Å². The van der Waals surface area contributed by atoms with Crippen LogP contribution in [0, 0.1) is 12.7 Å². The highest BCUT2D eigenvalue weighted by atomic mass is 19.4. The van der Waals surface area contributed by atoms with Crippen molar-refractivity contribution in [2.45, 2.75) is 50.9 Å². The lowest BCUT2D eigenvalue weighted by Crippen LogP contribution is -2.40. The zero-order valence-corrected chi connectivity index (χ0v) is 17.5. The number of anilines is 1. The summed E-state index contributed by atoms with van der Waals surface area (Å²) >= 11 is 0. The lowest BCUT2D eigenvalue weighted by Gasteiger charge is -2.30. The molecule has 1 amide bonds. The number of pyridine rings is 1. The number of amides is 1. The van der Waals surface area contributed by atoms with Crippen LogP contribution < -0.4 is 10.6 Å². The van der Waals surface area contributed by atoms with Crippen LogP contribution in [0.3, 0.4) is 0 Å². The fraction of sp³-hybridized carbons (Fsp3) is 0.333. The summed E-state index contributed by atoms with van der Waals surface area (Å²) in [5, 5.41) is 6.88. The van der Waals surface area contributed by atoms with E-state index in [0.29, 0.717) is 53.4 Å². The van der Waals surface area contributed by atoms with Crippen molar-refractivity contribution in [1.82, 2.24) is 10.3 Å². The second-order valence-electron chi connectivity index (χ2n) is 8.20. The molecule has 1 aliphatic rings. The van der Waals surface area contributed by atoms with E-state index in [-0.39, 0.29) is 23.8 Å². The molecule has 2 aromatic carbocycles. The van der Waals surface area contributed by atoms with Gasteiger partial charge < -0.3 is 10.6 Å². The summed E-state index contributed by atoms with van der Waals surface area (Å²) in [5.41, 5.74) is 0.604. The molecule has 32 heavy (non-hydrogen) atoms. The van der Waals surface area contributed by atoms with Crippen LogP contribution in [0.25, 0.3) is 10.9 Å². The van der Waals surface area contributed by atoms with E-state index >= 15 is 0 Å². The maximum absolute atomic E-state index is 13.4. The molecule has 0 bridgehead atoms. The second kappa shape index (κ2) is 8.76. The van der Waals surface area contributed by atoms with Gasteiger partial charge in [-0.15, -0.1) is 0 Å². The number of benzene rings is 2. The quantitative estimate of drug-likeness (QED) is 0.495. The number of aryl methyl sites for hydroxylation is 1. The van der Waals surface area contributed by atoms with Gasteiger partial charge in [-0.1, -0.05) is 18.2 Å². The Kier molecular flexibility index (Phi) is 6.04. The number of aromatic nitrogens is 1. The highest BCUT2D eigenvalue weighted by Gasteiger charge is 2.34. The summed E-state index contributed by atoms with van der Waals surface area (Å²) in [4.78, 5) is 16.2. The Hall–Kier alpha value is -3.16. The third-order valence-electron chi connectivity index (χ3n) is 5.85. The van der Waals surface area contributed by atoms with E-state index in [1.165, 1.54) is 18.2 Å². The molecule has 0 spiro atoms. The van der Waals surface area contributed by atoms with E-state index in [9.17, 15) is 22.4 Å². The number of nitrogens with zero attached hydrogens (tertiary/aromatic N) is 1. The van der Waals surface area contributed by atoms with E-state index in [2.05, 4.69) is 15.6 Å². The summed E-state index contributed by atoms with van der Waals surface area (Å²) in [7, 11) is 0.